The first kappa shape index (κ1) is 9.46. The van der Waals surface area contributed by atoms with Crippen LogP contribution >= 0.6 is 0 Å². The van der Waals surface area contributed by atoms with Crippen LogP contribution in [0.5, 0.6) is 5.75 Å². The molecule has 0 aliphatic heterocycles. The Morgan fingerprint density at radius 1 is 1.29 bits per heavy atom. The Morgan fingerprint density at radius 3 is 2.57 bits per heavy atom. The maximum absolute atomic E-state index is 6.17. The average Bonchev–Trinajstić information content (AvgIpc) is 2.65. The van der Waals surface area contributed by atoms with Gasteiger partial charge in [-0.15, -0.1) is 0 Å². The summed E-state index contributed by atoms with van der Waals surface area (Å²) in [4.78, 5) is 3.93. The first-order chi connectivity index (χ1) is 6.79. The van der Waals surface area contributed by atoms with Crippen molar-refractivity contribution < 1.29 is 4.74 Å². The Hall–Kier alpha value is -1.09. The molecule has 0 saturated heterocycles. The van der Waals surface area contributed by atoms with Gasteiger partial charge in [-0.2, -0.15) is 0 Å². The van der Waals surface area contributed by atoms with Crippen molar-refractivity contribution >= 4 is 0 Å². The van der Waals surface area contributed by atoms with E-state index in [-0.39, 0.29) is 5.54 Å². The minimum atomic E-state index is -0.0940. The van der Waals surface area contributed by atoms with Crippen molar-refractivity contribution in [1.82, 2.24) is 4.98 Å². The molecule has 0 bridgehead atoms. The quantitative estimate of drug-likeness (QED) is 0.793. The van der Waals surface area contributed by atoms with E-state index in [1.165, 1.54) is 12.8 Å². The van der Waals surface area contributed by atoms with Crippen LogP contribution in [0.4, 0.5) is 0 Å². The van der Waals surface area contributed by atoms with Crippen molar-refractivity contribution in [2.24, 2.45) is 5.73 Å². The third-order valence-electron chi connectivity index (χ3n) is 2.78. The second-order valence-corrected chi connectivity index (χ2v) is 4.04. The van der Waals surface area contributed by atoms with E-state index in [2.05, 4.69) is 4.98 Å². The van der Waals surface area contributed by atoms with Gasteiger partial charge in [-0.1, -0.05) is 12.8 Å². The van der Waals surface area contributed by atoms with Crippen LogP contribution in [0, 0.1) is 0 Å². The third kappa shape index (κ3) is 2.23. The number of aromatic nitrogens is 1. The van der Waals surface area contributed by atoms with Crippen molar-refractivity contribution in [1.29, 1.82) is 0 Å². The second-order valence-electron chi connectivity index (χ2n) is 4.04. The van der Waals surface area contributed by atoms with E-state index in [0.29, 0.717) is 6.61 Å². The summed E-state index contributed by atoms with van der Waals surface area (Å²) in [6.45, 7) is 0.622. The molecule has 1 aromatic rings. The molecular formula is C11H16N2O. The Kier molecular flexibility index (Phi) is 2.68. The summed E-state index contributed by atoms with van der Waals surface area (Å²) in [6.07, 6.45) is 8.09. The van der Waals surface area contributed by atoms with E-state index in [4.69, 9.17) is 10.5 Å². The number of nitrogens with zero attached hydrogens (tertiary/aromatic N) is 1. The highest BCUT2D eigenvalue weighted by atomic mass is 16.5. The fraction of sp³-hybridized carbons (Fsp3) is 0.545. The van der Waals surface area contributed by atoms with Crippen LogP contribution in [0.25, 0.3) is 0 Å². The third-order valence-corrected chi connectivity index (χ3v) is 2.78. The molecule has 1 fully saturated rings. The first-order valence-electron chi connectivity index (χ1n) is 5.10. The predicted molar refractivity (Wildman–Crippen MR) is 55.1 cm³/mol. The molecule has 14 heavy (non-hydrogen) atoms. The average molecular weight is 192 g/mol. The van der Waals surface area contributed by atoms with Gasteiger partial charge in [0.2, 0.25) is 0 Å². The Balaban J connectivity index is 1.88. The molecule has 3 heteroatoms. The van der Waals surface area contributed by atoms with E-state index >= 15 is 0 Å². The van der Waals surface area contributed by atoms with Gasteiger partial charge in [0, 0.05) is 12.4 Å². The van der Waals surface area contributed by atoms with E-state index in [0.717, 1.165) is 18.6 Å². The Morgan fingerprint density at radius 2 is 1.93 bits per heavy atom. The lowest BCUT2D eigenvalue weighted by Crippen LogP contribution is -2.42. The van der Waals surface area contributed by atoms with E-state index in [9.17, 15) is 0 Å². The van der Waals surface area contributed by atoms with Crippen LogP contribution in [-0.4, -0.2) is 17.1 Å². The van der Waals surface area contributed by atoms with Crippen LogP contribution < -0.4 is 10.5 Å². The Bertz CT molecular complexity index is 281. The first-order valence-corrected chi connectivity index (χ1v) is 5.10. The summed E-state index contributed by atoms with van der Waals surface area (Å²) in [6, 6.07) is 3.72. The van der Waals surface area contributed by atoms with Gasteiger partial charge in [-0.05, 0) is 25.0 Å². The molecule has 0 spiro atoms. The maximum atomic E-state index is 6.17. The van der Waals surface area contributed by atoms with Crippen LogP contribution in [0.3, 0.4) is 0 Å². The van der Waals surface area contributed by atoms with Crippen LogP contribution in [0.15, 0.2) is 24.5 Å². The molecule has 1 aliphatic carbocycles. The van der Waals surface area contributed by atoms with Crippen molar-refractivity contribution in [3.63, 3.8) is 0 Å². The fourth-order valence-electron chi connectivity index (χ4n) is 1.88. The lowest BCUT2D eigenvalue weighted by molar-refractivity contribution is 0.220. The molecular weight excluding hydrogens is 176 g/mol. The van der Waals surface area contributed by atoms with E-state index in [1.54, 1.807) is 12.4 Å². The summed E-state index contributed by atoms with van der Waals surface area (Å²) in [5, 5.41) is 0. The zero-order chi connectivity index (χ0) is 9.86. The molecule has 3 nitrogen and oxygen atoms in total. The zero-order valence-corrected chi connectivity index (χ0v) is 8.28. The van der Waals surface area contributed by atoms with Crippen molar-refractivity contribution in [3.05, 3.63) is 24.5 Å². The molecule has 0 atom stereocenters. The van der Waals surface area contributed by atoms with Gasteiger partial charge in [-0.3, -0.25) is 4.98 Å². The van der Waals surface area contributed by atoms with Gasteiger partial charge in [-0.25, -0.2) is 0 Å². The van der Waals surface area contributed by atoms with Crippen LogP contribution in [0.2, 0.25) is 0 Å². The highest BCUT2D eigenvalue weighted by Crippen LogP contribution is 2.27. The van der Waals surface area contributed by atoms with Crippen LogP contribution in [-0.2, 0) is 0 Å². The van der Waals surface area contributed by atoms with Crippen molar-refractivity contribution in [2.75, 3.05) is 6.61 Å². The molecule has 1 aromatic heterocycles. The molecule has 2 rings (SSSR count). The summed E-state index contributed by atoms with van der Waals surface area (Å²) in [7, 11) is 0. The number of nitrogens with two attached hydrogens (primary N) is 1. The number of ether oxygens (including phenoxy) is 1. The minimum Gasteiger partial charge on any atom is -0.492 e. The lowest BCUT2D eigenvalue weighted by Gasteiger charge is -2.23. The summed E-state index contributed by atoms with van der Waals surface area (Å²) in [5.74, 6) is 0.858. The normalized spacial score (nSPS) is 19.5. The predicted octanol–water partition coefficient (Wildman–Crippen LogP) is 1.73. The standard InChI is InChI=1S/C11H16N2O/c12-11(5-1-2-6-11)9-14-10-3-7-13-8-4-10/h3-4,7-8H,1-2,5-6,9,12H2. The van der Waals surface area contributed by atoms with Gasteiger partial charge >= 0.3 is 0 Å². The molecule has 2 N–H and O–H groups in total. The number of pyridine rings is 1. The van der Waals surface area contributed by atoms with E-state index in [1.807, 2.05) is 12.1 Å². The molecule has 0 aromatic carbocycles. The molecule has 0 radical (unpaired) electrons. The van der Waals surface area contributed by atoms with E-state index < -0.39 is 0 Å². The van der Waals surface area contributed by atoms with Crippen molar-refractivity contribution in [3.8, 4) is 5.75 Å². The number of rotatable bonds is 3. The van der Waals surface area contributed by atoms with Gasteiger partial charge in [0.15, 0.2) is 0 Å². The summed E-state index contributed by atoms with van der Waals surface area (Å²) >= 11 is 0. The summed E-state index contributed by atoms with van der Waals surface area (Å²) < 4.78 is 5.63. The van der Waals surface area contributed by atoms with Gasteiger partial charge in [0.1, 0.15) is 12.4 Å². The SMILES string of the molecule is NC1(COc2ccncc2)CCCC1. The lowest BCUT2D eigenvalue weighted by atomic mass is 10.0. The maximum Gasteiger partial charge on any atom is 0.122 e. The highest BCUT2D eigenvalue weighted by molar-refractivity contribution is 5.17. The smallest absolute Gasteiger partial charge is 0.122 e. The van der Waals surface area contributed by atoms with Gasteiger partial charge in [0.05, 0.1) is 5.54 Å². The monoisotopic (exact) mass is 192 g/mol. The summed E-state index contributed by atoms with van der Waals surface area (Å²) in [5.41, 5.74) is 6.07. The molecule has 1 aliphatic rings. The molecule has 1 heterocycles. The molecule has 76 valence electrons. The fourth-order valence-corrected chi connectivity index (χ4v) is 1.88. The molecule has 0 amide bonds. The largest absolute Gasteiger partial charge is 0.492 e. The highest BCUT2D eigenvalue weighted by Gasteiger charge is 2.29. The zero-order valence-electron chi connectivity index (χ0n) is 8.28. The number of hydrogen-bond acceptors (Lipinski definition) is 3. The minimum absolute atomic E-state index is 0.0940. The Labute approximate surface area is 84.3 Å². The number of hydrogen-bond donors (Lipinski definition) is 1. The van der Waals surface area contributed by atoms with Crippen molar-refractivity contribution in [2.45, 2.75) is 31.2 Å². The van der Waals surface area contributed by atoms with Gasteiger partial charge in [0.25, 0.3) is 0 Å². The molecule has 1 saturated carbocycles. The van der Waals surface area contributed by atoms with Gasteiger partial charge < -0.3 is 10.5 Å². The second kappa shape index (κ2) is 3.96. The van der Waals surface area contributed by atoms with Crippen LogP contribution in [0.1, 0.15) is 25.7 Å². The topological polar surface area (TPSA) is 48.1 Å². The molecule has 0 unspecified atom stereocenters.